The van der Waals surface area contributed by atoms with Crippen molar-refractivity contribution < 1.29 is 0 Å². The minimum Gasteiger partial charge on any atom is -0.312 e. The normalized spacial score (nSPS) is 14.3. The van der Waals surface area contributed by atoms with Crippen LogP contribution >= 0.6 is 11.8 Å². The fourth-order valence-electron chi connectivity index (χ4n) is 2.00. The monoisotopic (exact) mass is 278 g/mol. The van der Waals surface area contributed by atoms with E-state index in [4.69, 9.17) is 0 Å². The van der Waals surface area contributed by atoms with Gasteiger partial charge in [-0.25, -0.2) is 9.89 Å². The second-order valence-corrected chi connectivity index (χ2v) is 5.71. The van der Waals surface area contributed by atoms with E-state index in [9.17, 15) is 4.79 Å². The van der Waals surface area contributed by atoms with E-state index in [1.54, 1.807) is 18.8 Å². The number of hydrogen-bond donors (Lipinski definition) is 2. The fourth-order valence-corrected chi connectivity index (χ4v) is 3.11. The van der Waals surface area contributed by atoms with Gasteiger partial charge in [0.15, 0.2) is 5.16 Å². The number of aromatic nitrogens is 3. The number of benzene rings is 1. The number of hydrogen-bond acceptors (Lipinski definition) is 4. The molecule has 0 fully saturated rings. The number of thioether (sulfide) groups is 1. The standard InChI is InChI=1S/C13H18N4OS/c1-9(19-13-16-15-12(18)17(13)3)11(14-2)10-7-5-4-6-8-10/h4-9,11,14H,1-3H3,(H,15,18). The largest absolute Gasteiger partial charge is 0.343 e. The lowest BCUT2D eigenvalue weighted by molar-refractivity contribution is 0.586. The van der Waals surface area contributed by atoms with Crippen molar-refractivity contribution in [3.05, 3.63) is 46.4 Å². The average Bonchev–Trinajstić information content (AvgIpc) is 2.73. The van der Waals surface area contributed by atoms with Crippen LogP contribution in [0.1, 0.15) is 18.5 Å². The molecule has 1 heterocycles. The van der Waals surface area contributed by atoms with Crippen molar-refractivity contribution in [1.82, 2.24) is 20.1 Å². The fraction of sp³-hybridized carbons (Fsp3) is 0.385. The molecular weight excluding hydrogens is 260 g/mol. The predicted octanol–water partition coefficient (Wildman–Crippen LogP) is 1.55. The van der Waals surface area contributed by atoms with Crippen LogP contribution in [-0.4, -0.2) is 27.1 Å². The number of H-pyrrole nitrogens is 1. The van der Waals surface area contributed by atoms with Crippen LogP contribution in [0.3, 0.4) is 0 Å². The maximum absolute atomic E-state index is 11.3. The second-order valence-electron chi connectivity index (χ2n) is 4.37. The van der Waals surface area contributed by atoms with Gasteiger partial charge in [-0.05, 0) is 12.6 Å². The quantitative estimate of drug-likeness (QED) is 0.815. The van der Waals surface area contributed by atoms with E-state index in [0.717, 1.165) is 0 Å². The SMILES string of the molecule is CNC(c1ccccc1)C(C)Sc1n[nH]c(=O)n1C. The summed E-state index contributed by atoms with van der Waals surface area (Å²) in [5, 5.41) is 10.8. The first-order valence-electron chi connectivity index (χ1n) is 6.13. The Bertz CT molecular complexity index is 578. The zero-order valence-electron chi connectivity index (χ0n) is 11.3. The van der Waals surface area contributed by atoms with Crippen molar-refractivity contribution in [3.63, 3.8) is 0 Å². The van der Waals surface area contributed by atoms with Gasteiger partial charge in [-0.15, -0.1) is 5.10 Å². The summed E-state index contributed by atoms with van der Waals surface area (Å²) in [6.07, 6.45) is 0. The van der Waals surface area contributed by atoms with E-state index in [1.807, 2.05) is 25.2 Å². The van der Waals surface area contributed by atoms with Crippen LogP contribution < -0.4 is 11.0 Å². The van der Waals surface area contributed by atoms with E-state index in [-0.39, 0.29) is 17.0 Å². The molecule has 2 rings (SSSR count). The molecule has 2 unspecified atom stereocenters. The third-order valence-electron chi connectivity index (χ3n) is 3.07. The summed E-state index contributed by atoms with van der Waals surface area (Å²) in [5.41, 5.74) is 1.04. The molecule has 102 valence electrons. The van der Waals surface area contributed by atoms with E-state index in [0.29, 0.717) is 5.16 Å². The zero-order valence-corrected chi connectivity index (χ0v) is 12.1. The van der Waals surface area contributed by atoms with Crippen LogP contribution in [0.2, 0.25) is 0 Å². The molecule has 5 nitrogen and oxygen atoms in total. The summed E-state index contributed by atoms with van der Waals surface area (Å²) in [7, 11) is 3.66. The molecule has 0 saturated heterocycles. The van der Waals surface area contributed by atoms with Gasteiger partial charge in [0, 0.05) is 18.3 Å². The van der Waals surface area contributed by atoms with Crippen molar-refractivity contribution in [2.75, 3.05) is 7.05 Å². The summed E-state index contributed by atoms with van der Waals surface area (Å²) >= 11 is 1.58. The molecule has 1 aromatic heterocycles. The highest BCUT2D eigenvalue weighted by Crippen LogP contribution is 2.29. The second kappa shape index (κ2) is 6.08. The molecule has 19 heavy (non-hydrogen) atoms. The van der Waals surface area contributed by atoms with Crippen molar-refractivity contribution in [1.29, 1.82) is 0 Å². The Morgan fingerprint density at radius 1 is 1.37 bits per heavy atom. The van der Waals surface area contributed by atoms with Gasteiger partial charge in [-0.2, -0.15) is 0 Å². The summed E-state index contributed by atoms with van der Waals surface area (Å²) < 4.78 is 1.53. The Morgan fingerprint density at radius 3 is 2.58 bits per heavy atom. The van der Waals surface area contributed by atoms with Crippen LogP contribution in [-0.2, 0) is 7.05 Å². The lowest BCUT2D eigenvalue weighted by atomic mass is 10.0. The van der Waals surface area contributed by atoms with Crippen LogP contribution in [0.15, 0.2) is 40.3 Å². The molecule has 0 amide bonds. The third kappa shape index (κ3) is 3.08. The Balaban J connectivity index is 2.16. The highest BCUT2D eigenvalue weighted by molar-refractivity contribution is 7.99. The molecule has 0 aliphatic heterocycles. The van der Waals surface area contributed by atoms with Gasteiger partial charge in [0.1, 0.15) is 0 Å². The van der Waals surface area contributed by atoms with Gasteiger partial charge in [0.25, 0.3) is 0 Å². The minimum atomic E-state index is -0.185. The Morgan fingerprint density at radius 2 is 2.05 bits per heavy atom. The van der Waals surface area contributed by atoms with Gasteiger partial charge < -0.3 is 5.32 Å². The topological polar surface area (TPSA) is 62.7 Å². The first kappa shape index (κ1) is 13.9. The molecule has 2 N–H and O–H groups in total. The smallest absolute Gasteiger partial charge is 0.312 e. The first-order chi connectivity index (χ1) is 9.13. The highest BCUT2D eigenvalue weighted by Gasteiger charge is 2.20. The molecule has 0 aliphatic carbocycles. The van der Waals surface area contributed by atoms with E-state index in [1.165, 1.54) is 10.1 Å². The van der Waals surface area contributed by atoms with E-state index in [2.05, 4.69) is 34.6 Å². The molecule has 1 aromatic carbocycles. The van der Waals surface area contributed by atoms with Gasteiger partial charge >= 0.3 is 5.69 Å². The number of rotatable bonds is 5. The lowest BCUT2D eigenvalue weighted by Crippen LogP contribution is -2.25. The maximum atomic E-state index is 11.3. The molecule has 0 bridgehead atoms. The van der Waals surface area contributed by atoms with Crippen LogP contribution in [0.5, 0.6) is 0 Å². The molecular formula is C13H18N4OS. The van der Waals surface area contributed by atoms with Crippen molar-refractivity contribution in [2.45, 2.75) is 23.4 Å². The van der Waals surface area contributed by atoms with E-state index < -0.39 is 0 Å². The van der Waals surface area contributed by atoms with Gasteiger partial charge in [-0.3, -0.25) is 4.57 Å². The zero-order chi connectivity index (χ0) is 13.8. The number of nitrogens with zero attached hydrogens (tertiary/aromatic N) is 2. The van der Waals surface area contributed by atoms with Gasteiger partial charge in [-0.1, -0.05) is 49.0 Å². The van der Waals surface area contributed by atoms with Crippen molar-refractivity contribution in [2.24, 2.45) is 7.05 Å². The van der Waals surface area contributed by atoms with Crippen molar-refractivity contribution in [3.8, 4) is 0 Å². The van der Waals surface area contributed by atoms with Gasteiger partial charge in [0.2, 0.25) is 0 Å². The summed E-state index contributed by atoms with van der Waals surface area (Å²) in [6, 6.07) is 10.5. The highest BCUT2D eigenvalue weighted by atomic mass is 32.2. The Kier molecular flexibility index (Phi) is 4.44. The maximum Gasteiger partial charge on any atom is 0.343 e. The first-order valence-corrected chi connectivity index (χ1v) is 7.01. The van der Waals surface area contributed by atoms with Crippen LogP contribution in [0.4, 0.5) is 0 Å². The predicted molar refractivity (Wildman–Crippen MR) is 77.4 cm³/mol. The Hall–Kier alpha value is -1.53. The van der Waals surface area contributed by atoms with Crippen LogP contribution in [0.25, 0.3) is 0 Å². The number of nitrogens with one attached hydrogen (secondary N) is 2. The lowest BCUT2D eigenvalue weighted by Gasteiger charge is -2.23. The third-order valence-corrected chi connectivity index (χ3v) is 4.29. The molecule has 0 saturated carbocycles. The average molecular weight is 278 g/mol. The molecule has 2 aromatic rings. The molecule has 0 aliphatic rings. The number of aromatic amines is 1. The van der Waals surface area contributed by atoms with Crippen LogP contribution in [0, 0.1) is 0 Å². The summed E-state index contributed by atoms with van der Waals surface area (Å²) in [4.78, 5) is 11.3. The minimum absolute atomic E-state index is 0.185. The molecule has 0 spiro atoms. The molecule has 6 heteroatoms. The van der Waals surface area contributed by atoms with E-state index >= 15 is 0 Å². The summed E-state index contributed by atoms with van der Waals surface area (Å²) in [5.74, 6) is 0. The molecule has 0 radical (unpaired) electrons. The van der Waals surface area contributed by atoms with Gasteiger partial charge in [0.05, 0.1) is 0 Å². The Labute approximate surface area is 116 Å². The summed E-state index contributed by atoms with van der Waals surface area (Å²) in [6.45, 7) is 2.12. The molecule has 2 atom stereocenters. The van der Waals surface area contributed by atoms with Crippen molar-refractivity contribution >= 4 is 11.8 Å².